The first-order chi connectivity index (χ1) is 9.66. The van der Waals surface area contributed by atoms with E-state index in [0.29, 0.717) is 0 Å². The van der Waals surface area contributed by atoms with Gasteiger partial charge >= 0.3 is 11.7 Å². The van der Waals surface area contributed by atoms with Crippen LogP contribution in [0.3, 0.4) is 0 Å². The van der Waals surface area contributed by atoms with Gasteiger partial charge in [0.25, 0.3) is 5.16 Å². The van der Waals surface area contributed by atoms with E-state index in [9.17, 15) is 23.3 Å². The van der Waals surface area contributed by atoms with Crippen molar-refractivity contribution in [3.05, 3.63) is 10.1 Å². The van der Waals surface area contributed by atoms with E-state index < -0.39 is 49.8 Å². The molecule has 0 fully saturated rings. The summed E-state index contributed by atoms with van der Waals surface area (Å²) in [7, 11) is -3.82. The van der Waals surface area contributed by atoms with Crippen molar-refractivity contribution in [2.24, 2.45) is 0 Å². The van der Waals surface area contributed by atoms with Crippen molar-refractivity contribution < 1.29 is 22.9 Å². The van der Waals surface area contributed by atoms with Crippen LogP contribution in [0.4, 0.5) is 17.3 Å². The SMILES string of the molecule is CCOC(=O)CNc1nc(S(C)(=O)=O)nc(N)c1[N+](=O)[O-]. The largest absolute Gasteiger partial charge is 0.465 e. The third-order valence-corrected chi connectivity index (χ3v) is 2.96. The lowest BCUT2D eigenvalue weighted by Gasteiger charge is -2.08. The number of hydrogen-bond donors (Lipinski definition) is 2. The summed E-state index contributed by atoms with van der Waals surface area (Å²) in [5.74, 6) is -1.78. The van der Waals surface area contributed by atoms with Gasteiger partial charge in [0.1, 0.15) is 6.54 Å². The second-order valence-electron chi connectivity index (χ2n) is 3.78. The molecule has 0 saturated carbocycles. The summed E-state index contributed by atoms with van der Waals surface area (Å²) in [6.07, 6.45) is 0.822. The quantitative estimate of drug-likeness (QED) is 0.297. The van der Waals surface area contributed by atoms with Crippen LogP contribution in [0.25, 0.3) is 0 Å². The van der Waals surface area contributed by atoms with Crippen LogP contribution in [0.1, 0.15) is 6.92 Å². The molecule has 0 unspecified atom stereocenters. The first-order valence-corrected chi connectivity index (χ1v) is 7.47. The minimum atomic E-state index is -3.82. The van der Waals surface area contributed by atoms with Crippen molar-refractivity contribution in [3.63, 3.8) is 0 Å². The Morgan fingerprint density at radius 1 is 1.48 bits per heavy atom. The zero-order chi connectivity index (χ0) is 16.2. The highest BCUT2D eigenvalue weighted by molar-refractivity contribution is 7.90. The molecule has 0 aromatic carbocycles. The minimum Gasteiger partial charge on any atom is -0.465 e. The average molecular weight is 319 g/mol. The summed E-state index contributed by atoms with van der Waals surface area (Å²) in [5.41, 5.74) is 4.66. The number of sulfone groups is 1. The Morgan fingerprint density at radius 2 is 2.10 bits per heavy atom. The first-order valence-electron chi connectivity index (χ1n) is 5.58. The maximum absolute atomic E-state index is 11.4. The predicted molar refractivity (Wildman–Crippen MR) is 71.3 cm³/mol. The second-order valence-corrected chi connectivity index (χ2v) is 5.69. The van der Waals surface area contributed by atoms with Gasteiger partial charge in [-0.2, -0.15) is 9.97 Å². The second kappa shape index (κ2) is 6.30. The van der Waals surface area contributed by atoms with Crippen LogP contribution in [-0.2, 0) is 19.4 Å². The number of nitrogens with zero attached hydrogens (tertiary/aromatic N) is 3. The van der Waals surface area contributed by atoms with E-state index in [-0.39, 0.29) is 6.61 Å². The van der Waals surface area contributed by atoms with Crippen molar-refractivity contribution in [2.75, 3.05) is 30.5 Å². The third-order valence-electron chi connectivity index (χ3n) is 2.11. The Balaban J connectivity index is 3.23. The number of esters is 1. The molecule has 1 rings (SSSR count). The lowest BCUT2D eigenvalue weighted by Crippen LogP contribution is -2.20. The number of anilines is 2. The molecule has 0 atom stereocenters. The van der Waals surface area contributed by atoms with Gasteiger partial charge in [-0.05, 0) is 6.92 Å². The van der Waals surface area contributed by atoms with Crippen molar-refractivity contribution in [2.45, 2.75) is 12.1 Å². The summed E-state index contributed by atoms with van der Waals surface area (Å²) >= 11 is 0. The molecule has 0 amide bonds. The molecule has 11 nitrogen and oxygen atoms in total. The van der Waals surface area contributed by atoms with Crippen LogP contribution in [0.5, 0.6) is 0 Å². The Hall–Kier alpha value is -2.50. The number of carbonyl (C=O) groups excluding carboxylic acids is 1. The zero-order valence-electron chi connectivity index (χ0n) is 11.2. The van der Waals surface area contributed by atoms with Crippen LogP contribution in [0.2, 0.25) is 0 Å². The number of carbonyl (C=O) groups is 1. The number of nitrogens with two attached hydrogens (primary N) is 1. The van der Waals surface area contributed by atoms with Crippen LogP contribution in [-0.4, -0.2) is 48.7 Å². The molecular formula is C9H13N5O6S. The number of ether oxygens (including phenoxy) is 1. The van der Waals surface area contributed by atoms with E-state index in [1.165, 1.54) is 0 Å². The third kappa shape index (κ3) is 4.24. The lowest BCUT2D eigenvalue weighted by molar-refractivity contribution is -0.383. The maximum Gasteiger partial charge on any atom is 0.353 e. The summed E-state index contributed by atoms with van der Waals surface area (Å²) in [4.78, 5) is 28.1. The number of rotatable bonds is 6. The molecule has 3 N–H and O–H groups in total. The van der Waals surface area contributed by atoms with Gasteiger partial charge in [-0.25, -0.2) is 8.42 Å². The van der Waals surface area contributed by atoms with E-state index in [1.807, 2.05) is 0 Å². The van der Waals surface area contributed by atoms with E-state index in [1.54, 1.807) is 6.92 Å². The molecule has 1 aromatic heterocycles. The number of hydrogen-bond acceptors (Lipinski definition) is 10. The average Bonchev–Trinajstić information content (AvgIpc) is 2.34. The van der Waals surface area contributed by atoms with Gasteiger partial charge in [0.05, 0.1) is 11.5 Å². The Morgan fingerprint density at radius 3 is 2.57 bits per heavy atom. The molecule has 116 valence electrons. The summed E-state index contributed by atoms with van der Waals surface area (Å²) in [5, 5.41) is 12.6. The molecule has 0 aliphatic rings. The number of aromatic nitrogens is 2. The van der Waals surface area contributed by atoms with Gasteiger partial charge in [0.2, 0.25) is 21.5 Å². The topological polar surface area (TPSA) is 167 Å². The highest BCUT2D eigenvalue weighted by atomic mass is 32.2. The smallest absolute Gasteiger partial charge is 0.353 e. The molecule has 1 heterocycles. The molecule has 1 aromatic rings. The van der Waals surface area contributed by atoms with Crippen molar-refractivity contribution in [3.8, 4) is 0 Å². The monoisotopic (exact) mass is 319 g/mol. The number of nitrogens with one attached hydrogen (secondary N) is 1. The van der Waals surface area contributed by atoms with Gasteiger partial charge in [0, 0.05) is 6.26 Å². The van der Waals surface area contributed by atoms with E-state index >= 15 is 0 Å². The van der Waals surface area contributed by atoms with E-state index in [4.69, 9.17) is 5.73 Å². The fourth-order valence-corrected chi connectivity index (χ4v) is 1.81. The fraction of sp³-hybridized carbons (Fsp3) is 0.444. The molecule has 0 aliphatic carbocycles. The van der Waals surface area contributed by atoms with E-state index in [2.05, 4.69) is 20.0 Å². The standard InChI is InChI=1S/C9H13N5O6S/c1-3-20-5(15)4-11-8-6(14(16)17)7(10)12-9(13-8)21(2,18)19/h3-4H2,1-2H3,(H3,10,11,12,13). The van der Waals surface area contributed by atoms with Gasteiger partial charge in [0.15, 0.2) is 0 Å². The predicted octanol–water partition coefficient (Wildman–Crippen LogP) is -0.654. The van der Waals surface area contributed by atoms with Crippen LogP contribution in [0, 0.1) is 10.1 Å². The van der Waals surface area contributed by atoms with E-state index in [0.717, 1.165) is 6.26 Å². The van der Waals surface area contributed by atoms with Gasteiger partial charge in [-0.1, -0.05) is 0 Å². The minimum absolute atomic E-state index is 0.128. The molecular weight excluding hydrogens is 306 g/mol. The Labute approximate surface area is 119 Å². The lowest BCUT2D eigenvalue weighted by atomic mass is 10.4. The molecule has 0 saturated heterocycles. The Bertz CT molecular complexity index is 673. The molecule has 0 aliphatic heterocycles. The summed E-state index contributed by atoms with van der Waals surface area (Å²) in [6.45, 7) is 1.28. The molecule has 21 heavy (non-hydrogen) atoms. The van der Waals surface area contributed by atoms with Crippen molar-refractivity contribution >= 4 is 33.1 Å². The zero-order valence-corrected chi connectivity index (χ0v) is 12.0. The van der Waals surface area contributed by atoms with Gasteiger partial charge in [-0.15, -0.1) is 0 Å². The molecule has 0 bridgehead atoms. The molecule has 0 radical (unpaired) electrons. The highest BCUT2D eigenvalue weighted by Gasteiger charge is 2.26. The van der Waals surface area contributed by atoms with Gasteiger partial charge < -0.3 is 15.8 Å². The van der Waals surface area contributed by atoms with Crippen LogP contribution in [0.15, 0.2) is 5.16 Å². The van der Waals surface area contributed by atoms with Crippen LogP contribution >= 0.6 is 0 Å². The summed E-state index contributed by atoms with van der Waals surface area (Å²) < 4.78 is 27.4. The molecule has 12 heteroatoms. The van der Waals surface area contributed by atoms with Crippen LogP contribution < -0.4 is 11.1 Å². The maximum atomic E-state index is 11.4. The molecule has 0 spiro atoms. The van der Waals surface area contributed by atoms with Gasteiger partial charge in [-0.3, -0.25) is 14.9 Å². The fourth-order valence-electron chi connectivity index (χ4n) is 1.29. The van der Waals surface area contributed by atoms with Crippen molar-refractivity contribution in [1.82, 2.24) is 9.97 Å². The summed E-state index contributed by atoms with van der Waals surface area (Å²) in [6, 6.07) is 0. The highest BCUT2D eigenvalue weighted by Crippen LogP contribution is 2.28. The van der Waals surface area contributed by atoms with Crippen molar-refractivity contribution in [1.29, 1.82) is 0 Å². The number of nitrogen functional groups attached to an aromatic ring is 1. The first kappa shape index (κ1) is 16.6. The number of nitro groups is 1. The normalized spacial score (nSPS) is 11.0. The Kier molecular flexibility index (Phi) is 4.97.